The summed E-state index contributed by atoms with van der Waals surface area (Å²) in [5, 5.41) is 4.57. The molecular formula is C14H17N5. The van der Waals surface area contributed by atoms with Crippen molar-refractivity contribution in [3.05, 3.63) is 35.8 Å². The van der Waals surface area contributed by atoms with Crippen LogP contribution in [0.4, 0.5) is 0 Å². The summed E-state index contributed by atoms with van der Waals surface area (Å²) in [5.74, 6) is 0. The van der Waals surface area contributed by atoms with Crippen LogP contribution in [0.1, 0.15) is 11.3 Å². The lowest BCUT2D eigenvalue weighted by Gasteiger charge is -2.00. The van der Waals surface area contributed by atoms with Crippen molar-refractivity contribution >= 4 is 11.0 Å². The van der Waals surface area contributed by atoms with Gasteiger partial charge in [-0.2, -0.15) is 5.10 Å². The smallest absolute Gasteiger partial charge is 0.0956 e. The van der Waals surface area contributed by atoms with Gasteiger partial charge in [-0.25, -0.2) is 4.98 Å². The topological polar surface area (TPSA) is 61.7 Å². The molecule has 0 amide bonds. The molecule has 0 saturated heterocycles. The average molecular weight is 255 g/mol. The first kappa shape index (κ1) is 11.9. The highest BCUT2D eigenvalue weighted by atomic mass is 15.3. The number of aromatic nitrogens is 4. The van der Waals surface area contributed by atoms with Crippen LogP contribution in [0.5, 0.6) is 0 Å². The molecule has 3 rings (SSSR count). The zero-order valence-electron chi connectivity index (χ0n) is 11.4. The van der Waals surface area contributed by atoms with Gasteiger partial charge in [0.05, 0.1) is 28.7 Å². The normalized spacial score (nSPS) is 11.4. The maximum atomic E-state index is 5.76. The Hall–Kier alpha value is -2.14. The van der Waals surface area contributed by atoms with E-state index in [1.165, 1.54) is 0 Å². The fourth-order valence-corrected chi connectivity index (χ4v) is 2.51. The quantitative estimate of drug-likeness (QED) is 0.758. The van der Waals surface area contributed by atoms with Gasteiger partial charge in [-0.3, -0.25) is 4.68 Å². The second kappa shape index (κ2) is 4.20. The molecule has 3 aromatic rings. The molecule has 0 bridgehead atoms. The van der Waals surface area contributed by atoms with Gasteiger partial charge < -0.3 is 10.3 Å². The standard InChI is InChI=1S/C14H17N5/c1-9-13(7-15)19(3)17-14(9)10-4-5-12-11(6-10)16-8-18(12)2/h4-6,8H,7,15H2,1-3H3. The molecule has 0 aliphatic heterocycles. The molecule has 0 radical (unpaired) electrons. The Morgan fingerprint density at radius 3 is 2.74 bits per heavy atom. The van der Waals surface area contributed by atoms with E-state index in [1.54, 1.807) is 0 Å². The number of benzene rings is 1. The van der Waals surface area contributed by atoms with Gasteiger partial charge in [0.1, 0.15) is 0 Å². The van der Waals surface area contributed by atoms with E-state index in [0.717, 1.165) is 33.5 Å². The zero-order chi connectivity index (χ0) is 13.6. The number of nitrogens with zero attached hydrogens (tertiary/aromatic N) is 4. The molecule has 19 heavy (non-hydrogen) atoms. The lowest BCUT2D eigenvalue weighted by Crippen LogP contribution is -2.05. The SMILES string of the molecule is Cc1c(-c2ccc3c(c2)ncn3C)nn(C)c1CN. The van der Waals surface area contributed by atoms with Gasteiger partial charge in [-0.05, 0) is 24.6 Å². The lowest BCUT2D eigenvalue weighted by atomic mass is 10.1. The first-order valence-electron chi connectivity index (χ1n) is 6.26. The Labute approximate surface area is 111 Å². The number of hydrogen-bond acceptors (Lipinski definition) is 3. The van der Waals surface area contributed by atoms with Gasteiger partial charge >= 0.3 is 0 Å². The van der Waals surface area contributed by atoms with Crippen molar-refractivity contribution in [2.75, 3.05) is 0 Å². The van der Waals surface area contributed by atoms with Gasteiger partial charge in [0.15, 0.2) is 0 Å². The van der Waals surface area contributed by atoms with Crippen LogP contribution in [0.15, 0.2) is 24.5 Å². The Kier molecular flexibility index (Phi) is 2.64. The molecule has 0 fully saturated rings. The number of hydrogen-bond donors (Lipinski definition) is 1. The number of rotatable bonds is 2. The summed E-state index contributed by atoms with van der Waals surface area (Å²) in [7, 11) is 3.92. The molecule has 2 N–H and O–H groups in total. The van der Waals surface area contributed by atoms with Gasteiger partial charge in [-0.1, -0.05) is 6.07 Å². The van der Waals surface area contributed by atoms with E-state index in [0.29, 0.717) is 6.54 Å². The Morgan fingerprint density at radius 2 is 2.05 bits per heavy atom. The van der Waals surface area contributed by atoms with Crippen LogP contribution in [-0.2, 0) is 20.6 Å². The van der Waals surface area contributed by atoms with E-state index in [1.807, 2.05) is 29.7 Å². The van der Waals surface area contributed by atoms with E-state index in [9.17, 15) is 0 Å². The van der Waals surface area contributed by atoms with Crippen molar-refractivity contribution in [1.29, 1.82) is 0 Å². The molecule has 0 spiro atoms. The second-order valence-corrected chi connectivity index (χ2v) is 4.81. The van der Waals surface area contributed by atoms with Gasteiger partial charge in [0.25, 0.3) is 0 Å². The molecule has 0 saturated carbocycles. The maximum absolute atomic E-state index is 5.76. The van der Waals surface area contributed by atoms with Crippen molar-refractivity contribution in [2.24, 2.45) is 19.8 Å². The number of aryl methyl sites for hydroxylation is 2. The predicted octanol–water partition coefficient (Wildman–Crippen LogP) is 1.74. The Morgan fingerprint density at radius 1 is 1.26 bits per heavy atom. The maximum Gasteiger partial charge on any atom is 0.0956 e. The first-order chi connectivity index (χ1) is 9.11. The molecule has 0 aliphatic rings. The van der Waals surface area contributed by atoms with Gasteiger partial charge in [0, 0.05) is 26.2 Å². The lowest BCUT2D eigenvalue weighted by molar-refractivity contribution is 0.712. The molecule has 2 aromatic heterocycles. The van der Waals surface area contributed by atoms with Crippen molar-refractivity contribution < 1.29 is 0 Å². The number of nitrogens with two attached hydrogens (primary N) is 1. The molecule has 0 unspecified atom stereocenters. The first-order valence-corrected chi connectivity index (χ1v) is 6.26. The Balaban J connectivity index is 2.19. The Bertz CT molecular complexity index is 751. The number of fused-ring (bicyclic) bond motifs is 1. The van der Waals surface area contributed by atoms with Crippen LogP contribution in [0.3, 0.4) is 0 Å². The van der Waals surface area contributed by atoms with E-state index >= 15 is 0 Å². The highest BCUT2D eigenvalue weighted by molar-refractivity contribution is 5.82. The molecule has 5 nitrogen and oxygen atoms in total. The third-order valence-corrected chi connectivity index (χ3v) is 3.62. The highest BCUT2D eigenvalue weighted by Crippen LogP contribution is 2.26. The second-order valence-electron chi connectivity index (χ2n) is 4.81. The van der Waals surface area contributed by atoms with Crippen LogP contribution in [0, 0.1) is 6.92 Å². The number of imidazole rings is 1. The minimum Gasteiger partial charge on any atom is -0.334 e. The van der Waals surface area contributed by atoms with Gasteiger partial charge in [-0.15, -0.1) is 0 Å². The minimum atomic E-state index is 0.501. The molecule has 2 heterocycles. The van der Waals surface area contributed by atoms with Crippen LogP contribution in [-0.4, -0.2) is 19.3 Å². The summed E-state index contributed by atoms with van der Waals surface area (Å²) in [5.41, 5.74) is 12.1. The third kappa shape index (κ3) is 1.74. The van der Waals surface area contributed by atoms with Crippen molar-refractivity contribution in [3.8, 4) is 11.3 Å². The van der Waals surface area contributed by atoms with E-state index in [-0.39, 0.29) is 0 Å². The van der Waals surface area contributed by atoms with E-state index in [4.69, 9.17) is 5.73 Å². The molecule has 0 aliphatic carbocycles. The van der Waals surface area contributed by atoms with Crippen LogP contribution in [0.25, 0.3) is 22.3 Å². The van der Waals surface area contributed by atoms with E-state index < -0.39 is 0 Å². The zero-order valence-corrected chi connectivity index (χ0v) is 11.4. The van der Waals surface area contributed by atoms with Crippen LogP contribution < -0.4 is 5.73 Å². The van der Waals surface area contributed by atoms with Crippen LogP contribution >= 0.6 is 0 Å². The monoisotopic (exact) mass is 255 g/mol. The molecule has 98 valence electrons. The summed E-state index contributed by atoms with van der Waals surface area (Å²) >= 11 is 0. The fourth-order valence-electron chi connectivity index (χ4n) is 2.51. The summed E-state index contributed by atoms with van der Waals surface area (Å²) in [6, 6.07) is 6.23. The molecule has 5 heteroatoms. The minimum absolute atomic E-state index is 0.501. The molecular weight excluding hydrogens is 238 g/mol. The predicted molar refractivity (Wildman–Crippen MR) is 75.5 cm³/mol. The average Bonchev–Trinajstić information content (AvgIpc) is 2.90. The highest BCUT2D eigenvalue weighted by Gasteiger charge is 2.13. The van der Waals surface area contributed by atoms with Gasteiger partial charge in [0.2, 0.25) is 0 Å². The summed E-state index contributed by atoms with van der Waals surface area (Å²) < 4.78 is 3.86. The van der Waals surface area contributed by atoms with Crippen LogP contribution in [0.2, 0.25) is 0 Å². The molecule has 1 aromatic carbocycles. The summed E-state index contributed by atoms with van der Waals surface area (Å²) in [6.07, 6.45) is 1.82. The van der Waals surface area contributed by atoms with Crippen molar-refractivity contribution in [1.82, 2.24) is 19.3 Å². The third-order valence-electron chi connectivity index (χ3n) is 3.62. The fraction of sp³-hybridized carbons (Fsp3) is 0.286. The van der Waals surface area contributed by atoms with Crippen molar-refractivity contribution in [2.45, 2.75) is 13.5 Å². The van der Waals surface area contributed by atoms with E-state index in [2.05, 4.69) is 35.2 Å². The summed E-state index contributed by atoms with van der Waals surface area (Å²) in [6.45, 7) is 2.56. The summed E-state index contributed by atoms with van der Waals surface area (Å²) in [4.78, 5) is 4.39. The van der Waals surface area contributed by atoms with Crippen molar-refractivity contribution in [3.63, 3.8) is 0 Å². The molecule has 0 atom stereocenters. The largest absolute Gasteiger partial charge is 0.334 e.